The summed E-state index contributed by atoms with van der Waals surface area (Å²) in [5.41, 5.74) is 2.61. The number of halogens is 1. The zero-order valence-corrected chi connectivity index (χ0v) is 13.5. The van der Waals surface area contributed by atoms with Gasteiger partial charge in [-0.3, -0.25) is 0 Å². The molecule has 1 heterocycles. The van der Waals surface area contributed by atoms with E-state index >= 15 is 0 Å². The van der Waals surface area contributed by atoms with Gasteiger partial charge in [-0.2, -0.15) is 0 Å². The van der Waals surface area contributed by atoms with Gasteiger partial charge in [-0.15, -0.1) is 0 Å². The van der Waals surface area contributed by atoms with Gasteiger partial charge >= 0.3 is 0 Å². The molecule has 1 fully saturated rings. The summed E-state index contributed by atoms with van der Waals surface area (Å²) in [6, 6.07) is 7.81. The monoisotopic (exact) mass is 358 g/mol. The molecule has 3 heteroatoms. The van der Waals surface area contributed by atoms with Crippen molar-refractivity contribution in [3.05, 3.63) is 27.3 Å². The first-order valence-electron chi connectivity index (χ1n) is 6.91. The lowest BCUT2D eigenvalue weighted by molar-refractivity contribution is 0.371. The van der Waals surface area contributed by atoms with Crippen LogP contribution in [0.25, 0.3) is 0 Å². The number of nitrogens with one attached hydrogen (secondary N) is 2. The minimum Gasteiger partial charge on any atom is -0.382 e. The van der Waals surface area contributed by atoms with Crippen LogP contribution < -0.4 is 10.6 Å². The Morgan fingerprint density at radius 1 is 1.44 bits per heavy atom. The van der Waals surface area contributed by atoms with Crippen molar-refractivity contribution in [3.63, 3.8) is 0 Å². The smallest absolute Gasteiger partial charge is 0.0382 e. The van der Waals surface area contributed by atoms with Crippen molar-refractivity contribution in [1.29, 1.82) is 0 Å². The number of hydrogen-bond donors (Lipinski definition) is 2. The molecule has 0 bridgehead atoms. The third-order valence-electron chi connectivity index (χ3n) is 3.65. The molecular formula is C15H23IN2. The fraction of sp³-hybridized carbons (Fsp3) is 0.600. The van der Waals surface area contributed by atoms with E-state index in [4.69, 9.17) is 0 Å². The Bertz CT molecular complexity index is 386. The van der Waals surface area contributed by atoms with Gasteiger partial charge in [-0.25, -0.2) is 0 Å². The maximum Gasteiger partial charge on any atom is 0.0382 e. The Balaban J connectivity index is 1.89. The van der Waals surface area contributed by atoms with Crippen molar-refractivity contribution in [2.75, 3.05) is 11.9 Å². The number of benzene rings is 1. The van der Waals surface area contributed by atoms with E-state index in [0.29, 0.717) is 12.1 Å². The molecule has 1 aromatic carbocycles. The van der Waals surface area contributed by atoms with Crippen molar-refractivity contribution in [2.45, 2.75) is 51.6 Å². The molecule has 0 aliphatic carbocycles. The molecule has 18 heavy (non-hydrogen) atoms. The number of aryl methyl sites for hydroxylation is 1. The molecule has 0 radical (unpaired) electrons. The molecule has 1 saturated heterocycles. The second-order valence-corrected chi connectivity index (χ2v) is 6.63. The minimum absolute atomic E-state index is 0.525. The maximum absolute atomic E-state index is 3.65. The SMILES string of the molecule is Cc1ccc(I)cc1NC(C)CC1CCCCN1. The molecule has 0 spiro atoms. The maximum atomic E-state index is 3.65. The first kappa shape index (κ1) is 14.1. The number of anilines is 1. The molecule has 1 aromatic rings. The number of rotatable bonds is 4. The van der Waals surface area contributed by atoms with Crippen molar-refractivity contribution in [3.8, 4) is 0 Å². The topological polar surface area (TPSA) is 24.1 Å². The van der Waals surface area contributed by atoms with E-state index in [1.807, 2.05) is 0 Å². The van der Waals surface area contributed by atoms with E-state index in [9.17, 15) is 0 Å². The highest BCUT2D eigenvalue weighted by Crippen LogP contribution is 2.21. The molecule has 2 unspecified atom stereocenters. The average Bonchev–Trinajstić information content (AvgIpc) is 2.35. The predicted molar refractivity (Wildman–Crippen MR) is 87.2 cm³/mol. The average molecular weight is 358 g/mol. The number of hydrogen-bond acceptors (Lipinski definition) is 2. The van der Waals surface area contributed by atoms with Crippen LogP contribution in [0.5, 0.6) is 0 Å². The summed E-state index contributed by atoms with van der Waals surface area (Å²) in [6.45, 7) is 5.65. The van der Waals surface area contributed by atoms with E-state index < -0.39 is 0 Å². The third-order valence-corrected chi connectivity index (χ3v) is 4.32. The van der Waals surface area contributed by atoms with E-state index in [-0.39, 0.29) is 0 Å². The van der Waals surface area contributed by atoms with Crippen LogP contribution in [0.2, 0.25) is 0 Å². The predicted octanol–water partition coefficient (Wildman–Crippen LogP) is 3.93. The zero-order chi connectivity index (χ0) is 13.0. The van der Waals surface area contributed by atoms with Gasteiger partial charge in [0.05, 0.1) is 0 Å². The fourth-order valence-electron chi connectivity index (χ4n) is 2.63. The molecule has 0 amide bonds. The van der Waals surface area contributed by atoms with Gasteiger partial charge in [-0.1, -0.05) is 12.5 Å². The van der Waals surface area contributed by atoms with Gasteiger partial charge in [-0.05, 0) is 79.9 Å². The van der Waals surface area contributed by atoms with Crippen molar-refractivity contribution < 1.29 is 0 Å². The van der Waals surface area contributed by atoms with Crippen LogP contribution in [0.1, 0.15) is 38.2 Å². The van der Waals surface area contributed by atoms with Gasteiger partial charge in [0.25, 0.3) is 0 Å². The van der Waals surface area contributed by atoms with Gasteiger partial charge in [0.15, 0.2) is 0 Å². The first-order valence-corrected chi connectivity index (χ1v) is 7.99. The zero-order valence-electron chi connectivity index (χ0n) is 11.3. The summed E-state index contributed by atoms with van der Waals surface area (Å²) in [7, 11) is 0. The van der Waals surface area contributed by atoms with Gasteiger partial charge in [0, 0.05) is 21.3 Å². The molecule has 2 N–H and O–H groups in total. The third kappa shape index (κ3) is 4.12. The van der Waals surface area contributed by atoms with Crippen molar-refractivity contribution >= 4 is 28.3 Å². The molecule has 0 saturated carbocycles. The van der Waals surface area contributed by atoms with E-state index in [1.165, 1.54) is 47.0 Å². The van der Waals surface area contributed by atoms with E-state index in [1.54, 1.807) is 0 Å². The molecule has 2 rings (SSSR count). The summed E-state index contributed by atoms with van der Waals surface area (Å²) in [6.07, 6.45) is 5.27. The highest BCUT2D eigenvalue weighted by Gasteiger charge is 2.15. The molecular weight excluding hydrogens is 335 g/mol. The lowest BCUT2D eigenvalue weighted by Gasteiger charge is -2.27. The van der Waals surface area contributed by atoms with E-state index in [2.05, 4.69) is 65.3 Å². The summed E-state index contributed by atoms with van der Waals surface area (Å²) in [4.78, 5) is 0. The Morgan fingerprint density at radius 2 is 2.28 bits per heavy atom. The van der Waals surface area contributed by atoms with Crippen molar-refractivity contribution in [2.24, 2.45) is 0 Å². The van der Waals surface area contributed by atoms with Crippen LogP contribution >= 0.6 is 22.6 Å². The van der Waals surface area contributed by atoms with Gasteiger partial charge in [0.1, 0.15) is 0 Å². The fourth-order valence-corrected chi connectivity index (χ4v) is 3.12. The normalized spacial score (nSPS) is 21.6. The first-order chi connectivity index (χ1) is 8.65. The molecule has 0 aromatic heterocycles. The highest BCUT2D eigenvalue weighted by atomic mass is 127. The molecule has 1 aliphatic heterocycles. The molecule has 1 aliphatic rings. The van der Waals surface area contributed by atoms with Crippen LogP contribution in [0.4, 0.5) is 5.69 Å². The molecule has 2 nitrogen and oxygen atoms in total. The lowest BCUT2D eigenvalue weighted by Crippen LogP contribution is -2.37. The Hall–Kier alpha value is -0.290. The summed E-state index contributed by atoms with van der Waals surface area (Å²) >= 11 is 2.37. The summed E-state index contributed by atoms with van der Waals surface area (Å²) < 4.78 is 1.30. The second-order valence-electron chi connectivity index (χ2n) is 5.39. The van der Waals surface area contributed by atoms with Crippen LogP contribution in [0, 0.1) is 10.5 Å². The van der Waals surface area contributed by atoms with Gasteiger partial charge in [0.2, 0.25) is 0 Å². The lowest BCUT2D eigenvalue weighted by atomic mass is 9.98. The highest BCUT2D eigenvalue weighted by molar-refractivity contribution is 14.1. The van der Waals surface area contributed by atoms with Crippen LogP contribution in [-0.2, 0) is 0 Å². The number of piperidine rings is 1. The Kier molecular flexibility index (Phi) is 5.30. The largest absolute Gasteiger partial charge is 0.382 e. The second kappa shape index (κ2) is 6.75. The summed E-state index contributed by atoms with van der Waals surface area (Å²) in [5.74, 6) is 0. The van der Waals surface area contributed by atoms with Crippen LogP contribution in [0.15, 0.2) is 18.2 Å². The van der Waals surface area contributed by atoms with E-state index in [0.717, 1.165) is 0 Å². The minimum atomic E-state index is 0.525. The van der Waals surface area contributed by atoms with Gasteiger partial charge < -0.3 is 10.6 Å². The Morgan fingerprint density at radius 3 is 3.00 bits per heavy atom. The standard InChI is InChI=1S/C15H23IN2/c1-11-6-7-13(16)10-15(11)18-12(2)9-14-5-3-4-8-17-14/h6-7,10,12,14,17-18H,3-5,8-9H2,1-2H3. The molecule has 2 atom stereocenters. The van der Waals surface area contributed by atoms with Crippen LogP contribution in [-0.4, -0.2) is 18.6 Å². The summed E-state index contributed by atoms with van der Waals surface area (Å²) in [5, 5.41) is 7.27. The van der Waals surface area contributed by atoms with Crippen LogP contribution in [0.3, 0.4) is 0 Å². The quantitative estimate of drug-likeness (QED) is 0.797. The Labute approximate surface area is 124 Å². The van der Waals surface area contributed by atoms with Crippen molar-refractivity contribution in [1.82, 2.24) is 5.32 Å². The molecule has 100 valence electrons.